The van der Waals surface area contributed by atoms with Crippen molar-refractivity contribution >= 4 is 17.4 Å². The van der Waals surface area contributed by atoms with Crippen molar-refractivity contribution < 1.29 is 18.0 Å². The zero-order valence-electron chi connectivity index (χ0n) is 13.0. The molecule has 0 aliphatic heterocycles. The first-order valence-electron chi connectivity index (χ1n) is 7.44. The minimum Gasteiger partial charge on any atom is -0.351 e. The van der Waals surface area contributed by atoms with E-state index in [0.717, 1.165) is 25.0 Å². The molecule has 1 amide bonds. The number of nitrogens with zero attached hydrogens (tertiary/aromatic N) is 2. The number of hydrogen-bond acceptors (Lipinski definition) is 4. The van der Waals surface area contributed by atoms with E-state index in [0.29, 0.717) is 6.54 Å². The third-order valence-electron chi connectivity index (χ3n) is 3.16. The van der Waals surface area contributed by atoms with Gasteiger partial charge in [0.25, 0.3) is 5.91 Å². The van der Waals surface area contributed by atoms with Gasteiger partial charge in [0.15, 0.2) is 0 Å². The van der Waals surface area contributed by atoms with E-state index in [-0.39, 0.29) is 23.1 Å². The van der Waals surface area contributed by atoms with Crippen LogP contribution in [0.1, 0.15) is 35.8 Å². The quantitative estimate of drug-likeness (QED) is 0.787. The lowest BCUT2D eigenvalue weighted by Gasteiger charge is -2.10. The topological polar surface area (TPSA) is 66.9 Å². The van der Waals surface area contributed by atoms with E-state index in [1.165, 1.54) is 24.5 Å². The first-order chi connectivity index (χ1) is 11.4. The normalized spacial score (nSPS) is 11.2. The largest absolute Gasteiger partial charge is 0.416 e. The summed E-state index contributed by atoms with van der Waals surface area (Å²) in [4.78, 5) is 19.7. The summed E-state index contributed by atoms with van der Waals surface area (Å²) in [6.07, 6.45) is -0.00379. The molecule has 5 nitrogen and oxygen atoms in total. The molecule has 0 bridgehead atoms. The average molecular weight is 338 g/mol. The number of amides is 1. The molecule has 24 heavy (non-hydrogen) atoms. The molecule has 0 aliphatic rings. The maximum Gasteiger partial charge on any atom is 0.416 e. The molecular formula is C16H17F3N4O. The van der Waals surface area contributed by atoms with Gasteiger partial charge in [-0.05, 0) is 24.6 Å². The van der Waals surface area contributed by atoms with E-state index in [1.54, 1.807) is 0 Å². The van der Waals surface area contributed by atoms with Crippen LogP contribution in [0.3, 0.4) is 0 Å². The van der Waals surface area contributed by atoms with Crippen molar-refractivity contribution in [3.05, 3.63) is 47.9 Å². The van der Waals surface area contributed by atoms with Crippen molar-refractivity contribution in [3.8, 4) is 0 Å². The van der Waals surface area contributed by atoms with Gasteiger partial charge in [0.2, 0.25) is 0 Å². The van der Waals surface area contributed by atoms with Crippen LogP contribution in [0.4, 0.5) is 24.7 Å². The zero-order valence-corrected chi connectivity index (χ0v) is 13.0. The Balaban J connectivity index is 2.03. The molecule has 8 heteroatoms. The first kappa shape index (κ1) is 17.7. The Bertz CT molecular complexity index is 686. The summed E-state index contributed by atoms with van der Waals surface area (Å²) in [7, 11) is 0. The molecule has 1 aromatic heterocycles. The lowest BCUT2D eigenvalue weighted by Crippen LogP contribution is -2.25. The number of alkyl halides is 3. The highest BCUT2D eigenvalue weighted by atomic mass is 19.4. The van der Waals surface area contributed by atoms with Crippen molar-refractivity contribution in [2.45, 2.75) is 25.9 Å². The minimum atomic E-state index is -4.41. The number of carbonyl (C=O) groups excluding carboxylic acids is 1. The fourth-order valence-electron chi connectivity index (χ4n) is 1.90. The lowest BCUT2D eigenvalue weighted by atomic mass is 10.2. The Morgan fingerprint density at radius 3 is 2.62 bits per heavy atom. The molecular weight excluding hydrogens is 321 g/mol. The average Bonchev–Trinajstić information content (AvgIpc) is 2.55. The fraction of sp³-hybridized carbons (Fsp3) is 0.312. The minimum absolute atomic E-state index is 0.153. The number of aromatic nitrogens is 2. The summed E-state index contributed by atoms with van der Waals surface area (Å²) < 4.78 is 38.0. The highest BCUT2D eigenvalue weighted by Gasteiger charge is 2.30. The second-order valence-corrected chi connectivity index (χ2v) is 5.10. The van der Waals surface area contributed by atoms with Gasteiger partial charge >= 0.3 is 6.18 Å². The SMILES string of the molecule is CCCCNC(=O)c1cnc(Nc2cccc(C(F)(F)F)c2)cn1. The van der Waals surface area contributed by atoms with Crippen molar-refractivity contribution in [1.82, 2.24) is 15.3 Å². The van der Waals surface area contributed by atoms with E-state index >= 15 is 0 Å². The Labute approximate surface area is 137 Å². The highest BCUT2D eigenvalue weighted by molar-refractivity contribution is 5.92. The fourth-order valence-corrected chi connectivity index (χ4v) is 1.90. The molecule has 2 rings (SSSR count). The van der Waals surface area contributed by atoms with Crippen LogP contribution in [0.2, 0.25) is 0 Å². The predicted molar refractivity (Wildman–Crippen MR) is 84.0 cm³/mol. The highest BCUT2D eigenvalue weighted by Crippen LogP contribution is 2.31. The van der Waals surface area contributed by atoms with Crippen LogP contribution in [-0.2, 0) is 6.18 Å². The molecule has 1 heterocycles. The van der Waals surface area contributed by atoms with Gasteiger partial charge < -0.3 is 10.6 Å². The summed E-state index contributed by atoms with van der Waals surface area (Å²) >= 11 is 0. The summed E-state index contributed by atoms with van der Waals surface area (Å²) in [5.74, 6) is -0.0824. The Morgan fingerprint density at radius 2 is 2.00 bits per heavy atom. The molecule has 2 aromatic rings. The van der Waals surface area contributed by atoms with Gasteiger partial charge in [0, 0.05) is 12.2 Å². The molecule has 1 aromatic carbocycles. The third-order valence-corrected chi connectivity index (χ3v) is 3.16. The van der Waals surface area contributed by atoms with Crippen molar-refractivity contribution in [2.75, 3.05) is 11.9 Å². The molecule has 2 N–H and O–H groups in total. The predicted octanol–water partition coefficient (Wildman–Crippen LogP) is 3.77. The summed E-state index contributed by atoms with van der Waals surface area (Å²) in [6.45, 7) is 2.57. The summed E-state index contributed by atoms with van der Waals surface area (Å²) in [6, 6.07) is 4.75. The van der Waals surface area contributed by atoms with Gasteiger partial charge in [-0.15, -0.1) is 0 Å². The second kappa shape index (κ2) is 7.76. The number of benzene rings is 1. The molecule has 0 unspecified atom stereocenters. The molecule has 0 saturated carbocycles. The molecule has 0 fully saturated rings. The van der Waals surface area contributed by atoms with E-state index in [9.17, 15) is 18.0 Å². The van der Waals surface area contributed by atoms with Crippen LogP contribution in [0.5, 0.6) is 0 Å². The van der Waals surface area contributed by atoms with Crippen molar-refractivity contribution in [1.29, 1.82) is 0 Å². The molecule has 128 valence electrons. The summed E-state index contributed by atoms with van der Waals surface area (Å²) in [5, 5.41) is 5.44. The van der Waals surface area contributed by atoms with Crippen LogP contribution < -0.4 is 10.6 Å². The van der Waals surface area contributed by atoms with E-state index in [2.05, 4.69) is 20.6 Å². The first-order valence-corrected chi connectivity index (χ1v) is 7.44. The van der Waals surface area contributed by atoms with Gasteiger partial charge in [-0.2, -0.15) is 13.2 Å². The van der Waals surface area contributed by atoms with Gasteiger partial charge in [-0.25, -0.2) is 9.97 Å². The maximum atomic E-state index is 12.7. The Hall–Kier alpha value is -2.64. The van der Waals surface area contributed by atoms with E-state index in [4.69, 9.17) is 0 Å². The molecule has 0 spiro atoms. The lowest BCUT2D eigenvalue weighted by molar-refractivity contribution is -0.137. The summed E-state index contributed by atoms with van der Waals surface area (Å²) in [5.41, 5.74) is -0.368. The second-order valence-electron chi connectivity index (χ2n) is 5.10. The number of nitrogens with one attached hydrogen (secondary N) is 2. The molecule has 0 atom stereocenters. The third kappa shape index (κ3) is 4.94. The van der Waals surface area contributed by atoms with Crippen molar-refractivity contribution in [3.63, 3.8) is 0 Å². The van der Waals surface area contributed by atoms with Gasteiger partial charge in [0.1, 0.15) is 11.5 Å². The van der Waals surface area contributed by atoms with Crippen LogP contribution >= 0.6 is 0 Å². The maximum absolute atomic E-state index is 12.7. The standard InChI is InChI=1S/C16H17F3N4O/c1-2-3-7-20-15(24)13-9-22-14(10-21-13)23-12-6-4-5-11(8-12)16(17,18)19/h4-6,8-10H,2-3,7H2,1H3,(H,20,24)(H,22,23). The van der Waals surface area contributed by atoms with Crippen LogP contribution in [0, 0.1) is 0 Å². The monoisotopic (exact) mass is 338 g/mol. The smallest absolute Gasteiger partial charge is 0.351 e. The van der Waals surface area contributed by atoms with Gasteiger partial charge in [-0.3, -0.25) is 4.79 Å². The van der Waals surface area contributed by atoms with Crippen LogP contribution in [-0.4, -0.2) is 22.4 Å². The zero-order chi connectivity index (χ0) is 17.6. The molecule has 0 aliphatic carbocycles. The Morgan fingerprint density at radius 1 is 1.21 bits per heavy atom. The number of carbonyl (C=O) groups is 1. The number of hydrogen-bond donors (Lipinski definition) is 2. The van der Waals surface area contributed by atoms with E-state index < -0.39 is 11.7 Å². The van der Waals surface area contributed by atoms with Gasteiger partial charge in [-0.1, -0.05) is 19.4 Å². The van der Waals surface area contributed by atoms with E-state index in [1.807, 2.05) is 6.92 Å². The van der Waals surface area contributed by atoms with Crippen LogP contribution in [0.25, 0.3) is 0 Å². The molecule has 0 radical (unpaired) electrons. The number of unbranched alkanes of at least 4 members (excludes halogenated alkanes) is 1. The van der Waals surface area contributed by atoms with Crippen LogP contribution in [0.15, 0.2) is 36.7 Å². The number of rotatable bonds is 6. The number of halogens is 3. The molecule has 0 saturated heterocycles. The number of anilines is 2. The Kier molecular flexibility index (Phi) is 5.73. The van der Waals surface area contributed by atoms with Crippen molar-refractivity contribution in [2.24, 2.45) is 0 Å². The van der Waals surface area contributed by atoms with Gasteiger partial charge in [0.05, 0.1) is 18.0 Å².